The molecule has 4 nitrogen and oxygen atoms in total. The molecule has 2 heterocycles. The van der Waals surface area contributed by atoms with Gasteiger partial charge in [0.2, 0.25) is 5.56 Å². The number of halogens is 4. The molecule has 3 rings (SSSR count). The fraction of sp³-hybridized carbons (Fsp3) is 0.438. The number of aromatic nitrogens is 1. The van der Waals surface area contributed by atoms with Gasteiger partial charge in [-0.25, -0.2) is 0 Å². The van der Waals surface area contributed by atoms with Gasteiger partial charge in [0.1, 0.15) is 0 Å². The topological polar surface area (TPSA) is 56.3 Å². The molecule has 0 aliphatic carbocycles. The van der Waals surface area contributed by atoms with Crippen molar-refractivity contribution < 1.29 is 18.3 Å². The molecule has 1 fully saturated rings. The van der Waals surface area contributed by atoms with Crippen LogP contribution in [0.25, 0.3) is 10.9 Å². The summed E-state index contributed by atoms with van der Waals surface area (Å²) >= 11 is 5.72. The summed E-state index contributed by atoms with van der Waals surface area (Å²) in [6.07, 6.45) is -3.81. The van der Waals surface area contributed by atoms with Gasteiger partial charge in [0.25, 0.3) is 0 Å². The van der Waals surface area contributed by atoms with Crippen molar-refractivity contribution in [2.75, 3.05) is 17.3 Å². The summed E-state index contributed by atoms with van der Waals surface area (Å²) in [5.41, 5.74) is -1.05. The minimum absolute atomic E-state index is 0.0642. The third kappa shape index (κ3) is 3.10. The fourth-order valence-corrected chi connectivity index (χ4v) is 3.48. The molecule has 1 aromatic heterocycles. The molecule has 0 saturated carbocycles. The van der Waals surface area contributed by atoms with E-state index in [4.69, 9.17) is 11.6 Å². The van der Waals surface area contributed by atoms with E-state index in [9.17, 15) is 23.1 Å². The zero-order chi connectivity index (χ0) is 17.5. The molecule has 1 aliphatic heterocycles. The number of nitrogens with zero attached hydrogens (tertiary/aromatic N) is 1. The predicted octanol–water partition coefficient (Wildman–Crippen LogP) is 3.12. The van der Waals surface area contributed by atoms with Crippen LogP contribution < -0.4 is 10.5 Å². The van der Waals surface area contributed by atoms with Gasteiger partial charge in [0.05, 0.1) is 23.6 Å². The highest BCUT2D eigenvalue weighted by atomic mass is 35.5. The first-order valence-corrected chi connectivity index (χ1v) is 8.09. The first kappa shape index (κ1) is 17.1. The second kappa shape index (κ2) is 6.29. The van der Waals surface area contributed by atoms with Crippen molar-refractivity contribution in [1.29, 1.82) is 0 Å². The van der Waals surface area contributed by atoms with Gasteiger partial charge in [0, 0.05) is 29.2 Å². The highest BCUT2D eigenvalue weighted by Gasteiger charge is 2.34. The molecule has 8 heteroatoms. The third-order valence-corrected chi connectivity index (χ3v) is 4.68. The molecular formula is C16H16ClF3N2O2. The van der Waals surface area contributed by atoms with Gasteiger partial charge in [-0.15, -0.1) is 11.6 Å². The maximum Gasteiger partial charge on any atom is 0.417 e. The third-order valence-electron chi connectivity index (χ3n) is 4.37. The molecule has 0 bridgehead atoms. The van der Waals surface area contributed by atoms with Gasteiger partial charge < -0.3 is 15.0 Å². The summed E-state index contributed by atoms with van der Waals surface area (Å²) < 4.78 is 39.7. The molecule has 0 unspecified atom stereocenters. The Labute approximate surface area is 140 Å². The number of hydrogen-bond acceptors (Lipinski definition) is 3. The molecule has 24 heavy (non-hydrogen) atoms. The number of benzene rings is 1. The van der Waals surface area contributed by atoms with Crippen LogP contribution in [-0.2, 0) is 6.18 Å². The summed E-state index contributed by atoms with van der Waals surface area (Å²) in [6.45, 7) is 0.634. The maximum absolute atomic E-state index is 13.2. The van der Waals surface area contributed by atoms with Crippen LogP contribution in [0, 0.1) is 0 Å². The molecular weight excluding hydrogens is 345 g/mol. The summed E-state index contributed by atoms with van der Waals surface area (Å²) in [5.74, 6) is 0.0653. The van der Waals surface area contributed by atoms with Crippen molar-refractivity contribution in [3.8, 4) is 0 Å². The summed E-state index contributed by atoms with van der Waals surface area (Å²) in [6, 6.07) is 4.87. The highest BCUT2D eigenvalue weighted by molar-refractivity contribution is 6.18. The number of rotatable bonds is 3. The summed E-state index contributed by atoms with van der Waals surface area (Å²) in [5, 5.41) is 9.96. The van der Waals surface area contributed by atoms with Crippen molar-refractivity contribution >= 4 is 28.2 Å². The number of alkyl halides is 4. The lowest BCUT2D eigenvalue weighted by molar-refractivity contribution is -0.136. The zero-order valence-electron chi connectivity index (χ0n) is 12.6. The number of aliphatic hydroxyl groups is 1. The number of H-pyrrole nitrogens is 1. The second-order valence-electron chi connectivity index (χ2n) is 5.90. The largest absolute Gasteiger partial charge is 0.417 e. The van der Waals surface area contributed by atoms with Crippen molar-refractivity contribution in [1.82, 2.24) is 4.98 Å². The van der Waals surface area contributed by atoms with Crippen LogP contribution in [0.4, 0.5) is 18.9 Å². The normalized spacial score (nSPS) is 19.9. The van der Waals surface area contributed by atoms with Crippen molar-refractivity contribution in [3.05, 3.63) is 40.2 Å². The SMILES string of the molecule is O=c1cc(C(F)(F)F)c2cc(N3CCC[C@@H]3[C@@H](O)CCl)ccc2[nH]1. The lowest BCUT2D eigenvalue weighted by Crippen LogP contribution is -2.40. The summed E-state index contributed by atoms with van der Waals surface area (Å²) in [4.78, 5) is 15.8. The standard InChI is InChI=1S/C16H16ClF3N2O2/c17-8-14(23)13-2-1-5-22(13)9-3-4-12-10(6-9)11(16(18,19)20)7-15(24)21-12/h3-4,6-7,13-14,23H,1-2,5,8H2,(H,21,24)/t13-,14+/m1/s1. The van der Waals surface area contributed by atoms with Gasteiger partial charge >= 0.3 is 6.18 Å². The average Bonchev–Trinajstić information content (AvgIpc) is 3.01. The molecule has 0 amide bonds. The first-order valence-electron chi connectivity index (χ1n) is 7.56. The van der Waals surface area contributed by atoms with Gasteiger partial charge in [-0.3, -0.25) is 4.79 Å². The average molecular weight is 361 g/mol. The Balaban J connectivity index is 2.11. The Morgan fingerprint density at radius 2 is 2.12 bits per heavy atom. The molecule has 1 aromatic carbocycles. The van der Waals surface area contributed by atoms with Crippen LogP contribution in [0.2, 0.25) is 0 Å². The molecule has 0 radical (unpaired) electrons. The number of pyridine rings is 1. The molecule has 130 valence electrons. The predicted molar refractivity (Wildman–Crippen MR) is 86.7 cm³/mol. The monoisotopic (exact) mass is 360 g/mol. The second-order valence-corrected chi connectivity index (χ2v) is 6.21. The fourth-order valence-electron chi connectivity index (χ4n) is 3.27. The van der Waals surface area contributed by atoms with E-state index in [0.717, 1.165) is 12.8 Å². The number of nitrogens with one attached hydrogen (secondary N) is 1. The number of fused-ring (bicyclic) bond motifs is 1. The summed E-state index contributed by atoms with van der Waals surface area (Å²) in [7, 11) is 0. The van der Waals surface area contributed by atoms with Crippen molar-refractivity contribution in [2.24, 2.45) is 0 Å². The zero-order valence-corrected chi connectivity index (χ0v) is 13.4. The lowest BCUT2D eigenvalue weighted by Gasteiger charge is -2.30. The quantitative estimate of drug-likeness (QED) is 0.827. The van der Waals surface area contributed by atoms with E-state index >= 15 is 0 Å². The van der Waals surface area contributed by atoms with Gasteiger partial charge in [-0.1, -0.05) is 0 Å². The number of aliphatic hydroxyl groups excluding tert-OH is 1. The maximum atomic E-state index is 13.2. The van der Waals surface area contributed by atoms with Gasteiger partial charge in [-0.05, 0) is 31.0 Å². The van der Waals surface area contributed by atoms with E-state index in [0.29, 0.717) is 18.3 Å². The number of hydrogen-bond donors (Lipinski definition) is 2. The Morgan fingerprint density at radius 3 is 2.79 bits per heavy atom. The molecule has 1 saturated heterocycles. The highest BCUT2D eigenvalue weighted by Crippen LogP contribution is 2.36. The van der Waals surface area contributed by atoms with Gasteiger partial charge in [0.15, 0.2) is 0 Å². The van der Waals surface area contributed by atoms with E-state index in [1.54, 1.807) is 6.07 Å². The Hall–Kier alpha value is -1.73. The van der Waals surface area contributed by atoms with Crippen LogP contribution in [0.1, 0.15) is 18.4 Å². The van der Waals surface area contributed by atoms with Crippen molar-refractivity contribution in [2.45, 2.75) is 31.2 Å². The number of aromatic amines is 1. The smallest absolute Gasteiger partial charge is 0.390 e. The molecule has 2 atom stereocenters. The van der Waals surface area contributed by atoms with E-state index in [2.05, 4.69) is 4.98 Å². The van der Waals surface area contributed by atoms with E-state index in [-0.39, 0.29) is 22.8 Å². The van der Waals surface area contributed by atoms with E-state index < -0.39 is 23.4 Å². The molecule has 2 aromatic rings. The Kier molecular flexibility index (Phi) is 4.48. The first-order chi connectivity index (χ1) is 11.3. The molecule has 0 spiro atoms. The van der Waals surface area contributed by atoms with Crippen LogP contribution in [0.3, 0.4) is 0 Å². The van der Waals surface area contributed by atoms with Crippen LogP contribution >= 0.6 is 11.6 Å². The van der Waals surface area contributed by atoms with Crippen LogP contribution in [0.15, 0.2) is 29.1 Å². The minimum atomic E-state index is -4.62. The lowest BCUT2D eigenvalue weighted by atomic mass is 10.1. The minimum Gasteiger partial charge on any atom is -0.390 e. The van der Waals surface area contributed by atoms with Gasteiger partial charge in [-0.2, -0.15) is 13.2 Å². The van der Waals surface area contributed by atoms with Crippen LogP contribution in [-0.4, -0.2) is 34.7 Å². The van der Waals surface area contributed by atoms with Crippen LogP contribution in [0.5, 0.6) is 0 Å². The van der Waals surface area contributed by atoms with E-state index in [1.807, 2.05) is 4.90 Å². The van der Waals surface area contributed by atoms with E-state index in [1.165, 1.54) is 12.1 Å². The van der Waals surface area contributed by atoms with Crippen molar-refractivity contribution in [3.63, 3.8) is 0 Å². The Morgan fingerprint density at radius 1 is 1.38 bits per heavy atom. The molecule has 1 aliphatic rings. The molecule has 2 N–H and O–H groups in total. The number of anilines is 1. The Bertz CT molecular complexity index is 806.